The Kier molecular flexibility index (Phi) is 17.4. The lowest BCUT2D eigenvalue weighted by Crippen LogP contribution is -2.61. The molecule has 8 nitrogen and oxygen atoms in total. The van der Waals surface area contributed by atoms with Crippen molar-refractivity contribution >= 4 is 13.8 Å². The van der Waals surface area contributed by atoms with E-state index in [1.165, 1.54) is 77.0 Å². The molecule has 0 amide bonds. The largest absolute Gasteiger partial charge is 0.472 e. The summed E-state index contributed by atoms with van der Waals surface area (Å²) in [4.78, 5) is 22.2. The van der Waals surface area contributed by atoms with Gasteiger partial charge >= 0.3 is 13.8 Å². The van der Waals surface area contributed by atoms with E-state index < -0.39 is 13.9 Å². The van der Waals surface area contributed by atoms with Gasteiger partial charge in [-0.3, -0.25) is 13.8 Å². The van der Waals surface area contributed by atoms with Gasteiger partial charge in [-0.2, -0.15) is 0 Å². The molecule has 230 valence electrons. The van der Waals surface area contributed by atoms with Gasteiger partial charge in [0, 0.05) is 31.8 Å². The summed E-state index contributed by atoms with van der Waals surface area (Å²) in [6.07, 6.45) is 19.5. The second-order valence-electron chi connectivity index (χ2n) is 12.1. The number of ether oxygens (including phenoxy) is 2. The molecule has 3 aliphatic heterocycles. The van der Waals surface area contributed by atoms with Crippen molar-refractivity contribution in [2.24, 2.45) is 5.92 Å². The van der Waals surface area contributed by atoms with Crippen molar-refractivity contribution in [3.63, 3.8) is 0 Å². The number of quaternary nitrogens is 1. The molecule has 0 radical (unpaired) electrons. The van der Waals surface area contributed by atoms with Crippen LogP contribution in [0.1, 0.15) is 123 Å². The molecule has 3 rings (SSSR count). The van der Waals surface area contributed by atoms with Crippen molar-refractivity contribution in [3.05, 3.63) is 0 Å². The highest BCUT2D eigenvalue weighted by atomic mass is 31.2. The number of hydrogen-bond acceptors (Lipinski definition) is 6. The number of nitrogens with zero attached hydrogens (tertiary/aromatic N) is 1. The maximum Gasteiger partial charge on any atom is 0.472 e. The minimum atomic E-state index is -4.26. The van der Waals surface area contributed by atoms with E-state index in [0.717, 1.165) is 49.8 Å². The number of phosphoric ester groups is 1. The van der Waals surface area contributed by atoms with Gasteiger partial charge in [-0.05, 0) is 6.42 Å². The smallest absolute Gasteiger partial charge is 0.457 e. The Bertz CT molecular complexity index is 699. The molecule has 2 bridgehead atoms. The molecule has 9 heteroatoms. The molecule has 0 aliphatic carbocycles. The first-order valence-corrected chi connectivity index (χ1v) is 17.5. The number of fused-ring (bicyclic) bond motifs is 3. The summed E-state index contributed by atoms with van der Waals surface area (Å²) < 4.78 is 35.6. The molecule has 3 heterocycles. The average molecular weight is 577 g/mol. The van der Waals surface area contributed by atoms with Crippen molar-refractivity contribution in [2.45, 2.75) is 135 Å². The van der Waals surface area contributed by atoms with Crippen LogP contribution in [0, 0.1) is 5.92 Å². The van der Waals surface area contributed by atoms with Crippen LogP contribution in [0.3, 0.4) is 0 Å². The van der Waals surface area contributed by atoms with Crippen LogP contribution in [0.25, 0.3) is 0 Å². The van der Waals surface area contributed by atoms with E-state index in [4.69, 9.17) is 18.5 Å². The number of likely N-dealkylation sites (N-methyl/N-ethyl adjacent to an activating group) is 1. The van der Waals surface area contributed by atoms with Crippen molar-refractivity contribution < 1.29 is 37.3 Å². The van der Waals surface area contributed by atoms with Gasteiger partial charge < -0.3 is 18.9 Å². The highest BCUT2D eigenvalue weighted by Gasteiger charge is 2.46. The normalized spacial score (nSPS) is 24.9. The minimum absolute atomic E-state index is 0.144. The number of piperidine rings is 3. The Morgan fingerprint density at radius 3 is 1.92 bits per heavy atom. The Hall–Kier alpha value is -0.500. The van der Waals surface area contributed by atoms with Crippen LogP contribution >= 0.6 is 7.82 Å². The summed E-state index contributed by atoms with van der Waals surface area (Å²) in [6, 6.07) is 0. The molecule has 0 saturated carbocycles. The molecule has 39 heavy (non-hydrogen) atoms. The molecule has 3 aliphatic rings. The lowest BCUT2D eigenvalue weighted by Gasteiger charge is -2.50. The summed E-state index contributed by atoms with van der Waals surface area (Å²) in [6.45, 7) is 7.39. The predicted molar refractivity (Wildman–Crippen MR) is 155 cm³/mol. The molecule has 3 unspecified atom stereocenters. The van der Waals surface area contributed by atoms with Crippen LogP contribution in [0.2, 0.25) is 0 Å². The van der Waals surface area contributed by atoms with Gasteiger partial charge in [0.1, 0.15) is 18.8 Å². The first-order chi connectivity index (χ1) is 18.8. The van der Waals surface area contributed by atoms with E-state index in [2.05, 4.69) is 14.0 Å². The van der Waals surface area contributed by atoms with Gasteiger partial charge in [0.2, 0.25) is 0 Å². The first kappa shape index (κ1) is 34.7. The van der Waals surface area contributed by atoms with Crippen LogP contribution < -0.4 is 0 Å². The van der Waals surface area contributed by atoms with Crippen molar-refractivity contribution in [1.29, 1.82) is 0 Å². The monoisotopic (exact) mass is 576 g/mol. The summed E-state index contributed by atoms with van der Waals surface area (Å²) >= 11 is 0. The Balaban J connectivity index is 1.53. The Morgan fingerprint density at radius 1 is 0.872 bits per heavy atom. The molecule has 0 aromatic heterocycles. The molecular weight excluding hydrogens is 517 g/mol. The van der Waals surface area contributed by atoms with Gasteiger partial charge in [-0.15, -0.1) is 0 Å². The van der Waals surface area contributed by atoms with E-state index in [9.17, 15) is 14.3 Å². The van der Waals surface area contributed by atoms with Crippen molar-refractivity contribution in [1.82, 2.24) is 0 Å². The minimum Gasteiger partial charge on any atom is -0.457 e. The molecular formula is C30H59NO7P+. The second kappa shape index (κ2) is 19.6. The standard InChI is InChI=1S/C30H58NO7P/c1-4-6-7-8-9-10-11-12-13-14-15-16-17-18-23-35-25-28(37-30(32)5-2)26-36-39(33,34)38-29-24-31(3)21-19-27(29)20-22-31/h27-29H,4-26H2,1-3H3/p+1. The van der Waals surface area contributed by atoms with Gasteiger partial charge in [0.15, 0.2) is 0 Å². The summed E-state index contributed by atoms with van der Waals surface area (Å²) in [7, 11) is -2.09. The zero-order valence-corrected chi connectivity index (χ0v) is 26.2. The van der Waals surface area contributed by atoms with Crippen LogP contribution in [0.4, 0.5) is 0 Å². The van der Waals surface area contributed by atoms with E-state index >= 15 is 0 Å². The summed E-state index contributed by atoms with van der Waals surface area (Å²) in [5, 5.41) is 0. The van der Waals surface area contributed by atoms with E-state index in [1.54, 1.807) is 6.92 Å². The lowest BCUT2D eigenvalue weighted by molar-refractivity contribution is -0.928. The Morgan fingerprint density at radius 2 is 1.41 bits per heavy atom. The van der Waals surface area contributed by atoms with E-state index in [1.807, 2.05) is 0 Å². The maximum absolute atomic E-state index is 12.7. The molecule has 3 fully saturated rings. The number of phosphoric acid groups is 1. The third-order valence-electron chi connectivity index (χ3n) is 8.45. The first-order valence-electron chi connectivity index (χ1n) is 16.0. The van der Waals surface area contributed by atoms with Gasteiger partial charge in [-0.25, -0.2) is 4.57 Å². The van der Waals surface area contributed by atoms with Gasteiger partial charge in [0.25, 0.3) is 0 Å². The van der Waals surface area contributed by atoms with E-state index in [-0.39, 0.29) is 31.7 Å². The van der Waals surface area contributed by atoms with Crippen LogP contribution in [0.15, 0.2) is 0 Å². The highest BCUT2D eigenvalue weighted by molar-refractivity contribution is 7.47. The molecule has 0 spiro atoms. The molecule has 3 saturated heterocycles. The average Bonchev–Trinajstić information content (AvgIpc) is 2.91. The fraction of sp³-hybridized carbons (Fsp3) is 0.967. The maximum atomic E-state index is 12.7. The molecule has 1 N–H and O–H groups in total. The SMILES string of the molecule is CCCCCCCCCCCCCCCCOCC(COP(=O)(O)OC1C[N+]2(C)CCC1CC2)OC(=O)CC. The van der Waals surface area contributed by atoms with Gasteiger partial charge in [0.05, 0.1) is 33.4 Å². The molecule has 3 atom stereocenters. The third-order valence-corrected chi connectivity index (χ3v) is 9.46. The van der Waals surface area contributed by atoms with Crippen LogP contribution in [-0.4, -0.2) is 74.1 Å². The Labute approximate surface area is 238 Å². The number of hydrogen-bond donors (Lipinski definition) is 1. The number of carbonyl (C=O) groups excluding carboxylic acids is 1. The number of carbonyl (C=O) groups is 1. The van der Waals surface area contributed by atoms with Gasteiger partial charge in [-0.1, -0.05) is 97.3 Å². The summed E-state index contributed by atoms with van der Waals surface area (Å²) in [5.41, 5.74) is 0. The quantitative estimate of drug-likeness (QED) is 0.0563. The zero-order chi connectivity index (χ0) is 28.4. The topological polar surface area (TPSA) is 91.3 Å². The fourth-order valence-corrected chi connectivity index (χ4v) is 6.84. The molecule has 0 aromatic carbocycles. The van der Waals surface area contributed by atoms with Crippen molar-refractivity contribution in [3.8, 4) is 0 Å². The lowest BCUT2D eigenvalue weighted by atomic mass is 9.84. The predicted octanol–water partition coefficient (Wildman–Crippen LogP) is 7.18. The summed E-state index contributed by atoms with van der Waals surface area (Å²) in [5.74, 6) is -0.0802. The number of unbranched alkanes of at least 4 members (excludes halogenated alkanes) is 13. The highest BCUT2D eigenvalue weighted by Crippen LogP contribution is 2.48. The number of rotatable bonds is 24. The molecule has 0 aromatic rings. The number of esters is 1. The fourth-order valence-electron chi connectivity index (χ4n) is 5.85. The zero-order valence-electron chi connectivity index (χ0n) is 25.3. The van der Waals surface area contributed by atoms with Crippen LogP contribution in [-0.2, 0) is 27.9 Å². The van der Waals surface area contributed by atoms with Crippen LogP contribution in [0.5, 0.6) is 0 Å². The second-order valence-corrected chi connectivity index (χ2v) is 13.5. The van der Waals surface area contributed by atoms with E-state index in [0.29, 0.717) is 12.5 Å². The third kappa shape index (κ3) is 15.3. The van der Waals surface area contributed by atoms with Crippen molar-refractivity contribution in [2.75, 3.05) is 46.5 Å².